The van der Waals surface area contributed by atoms with E-state index in [1.54, 1.807) is 0 Å². The van der Waals surface area contributed by atoms with Crippen molar-refractivity contribution >= 4 is 67.1 Å². The van der Waals surface area contributed by atoms with Crippen LogP contribution < -0.4 is 19.4 Å². The van der Waals surface area contributed by atoms with Gasteiger partial charge in [0.15, 0.2) is 0 Å². The summed E-state index contributed by atoms with van der Waals surface area (Å²) in [4.78, 5) is 6.99. The maximum absolute atomic E-state index is 7.27. The van der Waals surface area contributed by atoms with E-state index in [1.807, 2.05) is 0 Å². The molecule has 5 heteroatoms. The highest BCUT2D eigenvalue weighted by Crippen LogP contribution is 2.64. The highest BCUT2D eigenvalue weighted by molar-refractivity contribution is 9.10. The number of nitrogens with zero attached hydrogens (tertiary/aromatic N) is 3. The maximum Gasteiger partial charge on any atom is 0.131 e. The lowest BCUT2D eigenvalue weighted by Gasteiger charge is -2.45. The summed E-state index contributed by atoms with van der Waals surface area (Å²) in [5.41, 5.74) is 16.2. The number of hydrogen-bond donors (Lipinski definition) is 0. The molecule has 0 aromatic heterocycles. The van der Waals surface area contributed by atoms with Crippen molar-refractivity contribution in [2.75, 3.05) is 14.7 Å². The number of para-hydroxylation sites is 5. The zero-order valence-corrected chi connectivity index (χ0v) is 37.5. The first-order chi connectivity index (χ1) is 32.6. The minimum atomic E-state index is -0.576. The van der Waals surface area contributed by atoms with Crippen LogP contribution in [0.1, 0.15) is 22.3 Å². The van der Waals surface area contributed by atoms with Gasteiger partial charge in [-0.25, -0.2) is 0 Å². The molecule has 1 aliphatic heterocycles. The smallest absolute Gasteiger partial charge is 0.131 e. The first-order valence-corrected chi connectivity index (χ1v) is 23.1. The minimum Gasteiger partial charge on any atom is -0.457 e. The first kappa shape index (κ1) is 39.5. The number of anilines is 9. The predicted molar refractivity (Wildman–Crippen MR) is 276 cm³/mol. The number of halogens is 1. The van der Waals surface area contributed by atoms with Crippen LogP contribution in [0.4, 0.5) is 51.2 Å². The van der Waals surface area contributed by atoms with Crippen molar-refractivity contribution in [1.29, 1.82) is 0 Å². The molecule has 66 heavy (non-hydrogen) atoms. The van der Waals surface area contributed by atoms with Gasteiger partial charge in [-0.2, -0.15) is 0 Å². The maximum atomic E-state index is 7.27. The normalized spacial score (nSPS) is 12.7. The van der Waals surface area contributed by atoms with E-state index in [0.29, 0.717) is 5.75 Å². The summed E-state index contributed by atoms with van der Waals surface area (Å²) in [5.74, 6) is 1.43. The second kappa shape index (κ2) is 16.5. The third-order valence-electron chi connectivity index (χ3n) is 12.9. The number of ether oxygens (including phenoxy) is 1. The highest BCUT2D eigenvalue weighted by atomic mass is 79.9. The third-order valence-corrected chi connectivity index (χ3v) is 13.4. The summed E-state index contributed by atoms with van der Waals surface area (Å²) in [7, 11) is 0. The predicted octanol–water partition coefficient (Wildman–Crippen LogP) is 17.3. The molecule has 0 radical (unpaired) electrons. The lowest BCUT2D eigenvalue weighted by molar-refractivity contribution is 0.482. The van der Waals surface area contributed by atoms with Crippen LogP contribution >= 0.6 is 15.9 Å². The number of benzene rings is 10. The molecule has 10 aromatic carbocycles. The van der Waals surface area contributed by atoms with E-state index in [2.05, 4.69) is 285 Å². The topological polar surface area (TPSA) is 19.0 Å². The van der Waals surface area contributed by atoms with E-state index >= 15 is 0 Å². The Hall–Kier alpha value is -8.12. The molecule has 0 saturated carbocycles. The van der Waals surface area contributed by atoms with E-state index in [9.17, 15) is 0 Å². The van der Waals surface area contributed by atoms with Gasteiger partial charge in [-0.05, 0) is 118 Å². The second-order valence-electron chi connectivity index (χ2n) is 16.7. The lowest BCUT2D eigenvalue weighted by atomic mass is 9.64. The molecule has 314 valence electrons. The Bertz CT molecular complexity index is 3140. The molecule has 10 aromatic rings. The molecule has 1 heterocycles. The summed E-state index contributed by atoms with van der Waals surface area (Å²) in [6, 6.07) is 90.7. The van der Waals surface area contributed by atoms with Gasteiger partial charge < -0.3 is 19.4 Å². The fourth-order valence-corrected chi connectivity index (χ4v) is 10.6. The molecule has 0 saturated heterocycles. The van der Waals surface area contributed by atoms with Crippen LogP contribution in [0.2, 0.25) is 0 Å². The number of rotatable bonds is 9. The fourth-order valence-electron chi connectivity index (χ4n) is 10.3. The molecule has 0 fully saturated rings. The van der Waals surface area contributed by atoms with Crippen molar-refractivity contribution in [2.45, 2.75) is 5.41 Å². The van der Waals surface area contributed by atoms with Crippen LogP contribution in [0.5, 0.6) is 11.5 Å². The first-order valence-electron chi connectivity index (χ1n) is 22.3. The average molecular weight is 913 g/mol. The van der Waals surface area contributed by atoms with Gasteiger partial charge >= 0.3 is 0 Å². The molecule has 0 N–H and O–H groups in total. The van der Waals surface area contributed by atoms with Gasteiger partial charge in [0, 0.05) is 51.1 Å². The monoisotopic (exact) mass is 911 g/mol. The van der Waals surface area contributed by atoms with E-state index in [0.717, 1.165) is 61.4 Å². The van der Waals surface area contributed by atoms with Crippen molar-refractivity contribution < 1.29 is 4.74 Å². The van der Waals surface area contributed by atoms with Crippen LogP contribution in [0.25, 0.3) is 11.1 Å². The van der Waals surface area contributed by atoms with Gasteiger partial charge in [0.1, 0.15) is 11.5 Å². The average Bonchev–Trinajstić information content (AvgIpc) is 3.66. The van der Waals surface area contributed by atoms with E-state index < -0.39 is 5.41 Å². The van der Waals surface area contributed by atoms with Crippen LogP contribution in [0.3, 0.4) is 0 Å². The summed E-state index contributed by atoms with van der Waals surface area (Å²) >= 11 is 3.89. The van der Waals surface area contributed by atoms with Gasteiger partial charge in [-0.15, -0.1) is 0 Å². The van der Waals surface area contributed by atoms with Gasteiger partial charge in [0.2, 0.25) is 0 Å². The minimum absolute atomic E-state index is 0.576. The largest absolute Gasteiger partial charge is 0.457 e. The van der Waals surface area contributed by atoms with E-state index in [1.165, 1.54) is 33.4 Å². The van der Waals surface area contributed by atoms with Crippen LogP contribution in [-0.2, 0) is 5.41 Å². The molecular formula is C61H42BrN3O. The summed E-state index contributed by atoms with van der Waals surface area (Å²) in [6.45, 7) is 0. The summed E-state index contributed by atoms with van der Waals surface area (Å²) < 4.78 is 8.28. The van der Waals surface area contributed by atoms with Crippen LogP contribution in [0.15, 0.2) is 259 Å². The Labute approximate surface area is 394 Å². The molecular weight excluding hydrogens is 871 g/mol. The van der Waals surface area contributed by atoms with Crippen molar-refractivity contribution in [1.82, 2.24) is 0 Å². The Balaban J connectivity index is 1.09. The number of hydrogen-bond acceptors (Lipinski definition) is 4. The lowest BCUT2D eigenvalue weighted by Crippen LogP contribution is -2.36. The van der Waals surface area contributed by atoms with Crippen molar-refractivity contribution in [3.05, 3.63) is 282 Å². The van der Waals surface area contributed by atoms with E-state index in [4.69, 9.17) is 4.74 Å². The fraction of sp³-hybridized carbons (Fsp3) is 0.0164. The zero-order chi connectivity index (χ0) is 44.0. The molecule has 0 unspecified atom stereocenters. The molecule has 0 amide bonds. The molecule has 1 aliphatic carbocycles. The van der Waals surface area contributed by atoms with Gasteiger partial charge in [-0.3, -0.25) is 0 Å². The van der Waals surface area contributed by atoms with Crippen molar-refractivity contribution in [3.8, 4) is 22.6 Å². The molecule has 4 nitrogen and oxygen atoms in total. The Morgan fingerprint density at radius 3 is 1.23 bits per heavy atom. The number of fused-ring (bicyclic) bond motifs is 9. The summed E-state index contributed by atoms with van der Waals surface area (Å²) in [6.07, 6.45) is 0. The van der Waals surface area contributed by atoms with Gasteiger partial charge in [0.25, 0.3) is 0 Å². The van der Waals surface area contributed by atoms with Gasteiger partial charge in [-0.1, -0.05) is 168 Å². The second-order valence-corrected chi connectivity index (χ2v) is 17.6. The van der Waals surface area contributed by atoms with Crippen LogP contribution in [0, 0.1) is 0 Å². The van der Waals surface area contributed by atoms with Crippen molar-refractivity contribution in [2.24, 2.45) is 0 Å². The standard InChI is InChI=1S/C61H42BrN3O/c62-43-34-36-57-59(38-43)65(48-28-14-5-15-29-48)60-42-51(35-37-58(60)61(57)55-32-18-16-30-53(55)54-31-17-19-33-56(54)61)66-52-40-49(63(44-20-6-1-7-21-44)45-22-8-2-9-23-45)39-50(41-52)64(46-24-10-3-11-25-46)47-26-12-4-13-27-47/h1-42H. The van der Waals surface area contributed by atoms with Crippen molar-refractivity contribution in [3.63, 3.8) is 0 Å². The Morgan fingerprint density at radius 1 is 0.333 bits per heavy atom. The molecule has 1 spiro atoms. The zero-order valence-electron chi connectivity index (χ0n) is 35.9. The van der Waals surface area contributed by atoms with E-state index in [-0.39, 0.29) is 0 Å². The molecule has 2 aliphatic rings. The molecule has 12 rings (SSSR count). The van der Waals surface area contributed by atoms with Crippen LogP contribution in [-0.4, -0.2) is 0 Å². The highest BCUT2D eigenvalue weighted by Gasteiger charge is 2.51. The third kappa shape index (κ3) is 6.58. The SMILES string of the molecule is Brc1ccc2c(c1)N(c1ccccc1)c1cc(Oc3cc(N(c4ccccc4)c4ccccc4)cc(N(c4ccccc4)c4ccccc4)c3)ccc1C21c2ccccc2-c2ccccc21. The quantitative estimate of drug-likeness (QED) is 0.144. The molecule has 0 atom stereocenters. The Kier molecular flexibility index (Phi) is 9.84. The molecule has 0 bridgehead atoms. The Morgan fingerprint density at radius 2 is 0.742 bits per heavy atom. The summed E-state index contributed by atoms with van der Waals surface area (Å²) in [5, 5.41) is 0. The van der Waals surface area contributed by atoms with Gasteiger partial charge in [0.05, 0.1) is 28.2 Å².